The van der Waals surface area contributed by atoms with Crippen molar-refractivity contribution < 1.29 is 9.47 Å². The molecule has 1 aliphatic rings. The zero-order valence-electron chi connectivity index (χ0n) is 11.3. The molecule has 0 spiro atoms. The van der Waals surface area contributed by atoms with Crippen LogP contribution >= 0.6 is 0 Å². The Balaban J connectivity index is 1.74. The minimum Gasteiger partial charge on any atom is -0.374 e. The number of allylic oxidation sites excluding steroid dienone is 1. The summed E-state index contributed by atoms with van der Waals surface area (Å²) in [6.45, 7) is 5.08. The zero-order chi connectivity index (χ0) is 13.3. The average Bonchev–Trinajstić information content (AvgIpc) is 2.66. The molecule has 2 atom stereocenters. The summed E-state index contributed by atoms with van der Waals surface area (Å²) >= 11 is 0. The van der Waals surface area contributed by atoms with E-state index in [4.69, 9.17) is 9.47 Å². The van der Waals surface area contributed by atoms with Crippen LogP contribution in [-0.4, -0.2) is 18.8 Å². The minimum atomic E-state index is 0.158. The van der Waals surface area contributed by atoms with Gasteiger partial charge in [0.15, 0.2) is 0 Å². The molecule has 1 aromatic rings. The maximum Gasteiger partial charge on any atom is 0.0819 e. The van der Waals surface area contributed by atoms with E-state index >= 15 is 0 Å². The first-order valence-electron chi connectivity index (χ1n) is 6.93. The second-order valence-corrected chi connectivity index (χ2v) is 4.83. The fourth-order valence-corrected chi connectivity index (χ4v) is 2.19. The summed E-state index contributed by atoms with van der Waals surface area (Å²) in [6.07, 6.45) is 9.54. The molecule has 19 heavy (non-hydrogen) atoms. The van der Waals surface area contributed by atoms with Crippen LogP contribution in [0.4, 0.5) is 0 Å². The fourth-order valence-electron chi connectivity index (χ4n) is 2.19. The van der Waals surface area contributed by atoms with E-state index in [0.717, 1.165) is 19.3 Å². The number of ether oxygens (including phenoxy) is 2. The van der Waals surface area contributed by atoms with Crippen molar-refractivity contribution in [3.63, 3.8) is 0 Å². The van der Waals surface area contributed by atoms with Crippen LogP contribution in [0.1, 0.15) is 24.8 Å². The third-order valence-electron chi connectivity index (χ3n) is 3.19. The molecule has 0 fully saturated rings. The number of hydrogen-bond acceptors (Lipinski definition) is 2. The van der Waals surface area contributed by atoms with E-state index in [1.165, 1.54) is 5.56 Å². The predicted octanol–water partition coefficient (Wildman–Crippen LogP) is 3.88. The fraction of sp³-hybridized carbons (Fsp3) is 0.412. The van der Waals surface area contributed by atoms with E-state index in [2.05, 4.69) is 30.9 Å². The predicted molar refractivity (Wildman–Crippen MR) is 77.9 cm³/mol. The summed E-state index contributed by atoms with van der Waals surface area (Å²) in [7, 11) is 0. The van der Waals surface area contributed by atoms with E-state index in [-0.39, 0.29) is 12.2 Å². The van der Waals surface area contributed by atoms with Crippen LogP contribution in [0.5, 0.6) is 0 Å². The number of hydrogen-bond donors (Lipinski definition) is 0. The maximum absolute atomic E-state index is 6.01. The first kappa shape index (κ1) is 14.0. The van der Waals surface area contributed by atoms with E-state index < -0.39 is 0 Å². The van der Waals surface area contributed by atoms with E-state index in [0.29, 0.717) is 13.2 Å². The van der Waals surface area contributed by atoms with Crippen LogP contribution in [0.2, 0.25) is 0 Å². The molecule has 0 aliphatic carbocycles. The Kier molecular flexibility index (Phi) is 5.86. The van der Waals surface area contributed by atoms with Crippen molar-refractivity contribution >= 4 is 0 Å². The zero-order valence-corrected chi connectivity index (χ0v) is 11.3. The van der Waals surface area contributed by atoms with Gasteiger partial charge in [-0.2, -0.15) is 0 Å². The quantitative estimate of drug-likeness (QED) is 0.721. The Morgan fingerprint density at radius 2 is 2.16 bits per heavy atom. The smallest absolute Gasteiger partial charge is 0.0819 e. The average molecular weight is 258 g/mol. The molecule has 0 radical (unpaired) electrons. The van der Waals surface area contributed by atoms with Crippen molar-refractivity contribution in [3.8, 4) is 0 Å². The second-order valence-electron chi connectivity index (χ2n) is 4.83. The van der Waals surface area contributed by atoms with Gasteiger partial charge in [-0.1, -0.05) is 48.6 Å². The molecule has 0 aromatic heterocycles. The summed E-state index contributed by atoms with van der Waals surface area (Å²) in [5.41, 5.74) is 1.21. The molecule has 0 saturated carbocycles. The van der Waals surface area contributed by atoms with Gasteiger partial charge in [0, 0.05) is 0 Å². The molecule has 0 amide bonds. The van der Waals surface area contributed by atoms with Crippen LogP contribution < -0.4 is 0 Å². The van der Waals surface area contributed by atoms with Crippen molar-refractivity contribution in [2.75, 3.05) is 6.61 Å². The summed E-state index contributed by atoms with van der Waals surface area (Å²) in [6, 6.07) is 10.2. The molecule has 2 nitrogen and oxygen atoms in total. The lowest BCUT2D eigenvalue weighted by Gasteiger charge is -2.20. The number of rotatable bonds is 6. The highest BCUT2D eigenvalue weighted by Crippen LogP contribution is 2.16. The van der Waals surface area contributed by atoms with Gasteiger partial charge in [-0.05, 0) is 24.8 Å². The lowest BCUT2D eigenvalue weighted by atomic mass is 10.2. The molecular formula is C17H22O2. The standard InChI is InChI=1S/C17H22O2/c1-2-8-16-11-6-7-12-17(19-16)14-18-13-15-9-4-3-5-10-15/h2-6,9-11,16-17H,1,7-8,12-14H2/t16-,17+/m1/s1. The van der Waals surface area contributed by atoms with Gasteiger partial charge in [0.05, 0.1) is 25.4 Å². The van der Waals surface area contributed by atoms with Gasteiger partial charge in [0.2, 0.25) is 0 Å². The normalized spacial score (nSPS) is 22.9. The van der Waals surface area contributed by atoms with Gasteiger partial charge in [-0.15, -0.1) is 6.58 Å². The molecule has 0 unspecified atom stereocenters. The molecule has 2 rings (SSSR count). The van der Waals surface area contributed by atoms with Gasteiger partial charge >= 0.3 is 0 Å². The van der Waals surface area contributed by atoms with Gasteiger partial charge in [0.25, 0.3) is 0 Å². The topological polar surface area (TPSA) is 18.5 Å². The van der Waals surface area contributed by atoms with Crippen molar-refractivity contribution in [2.45, 2.75) is 38.1 Å². The highest BCUT2D eigenvalue weighted by Gasteiger charge is 2.16. The molecule has 1 aliphatic heterocycles. The molecule has 0 bridgehead atoms. The van der Waals surface area contributed by atoms with Crippen LogP contribution in [0, 0.1) is 0 Å². The van der Waals surface area contributed by atoms with E-state index in [9.17, 15) is 0 Å². The highest BCUT2D eigenvalue weighted by atomic mass is 16.5. The largest absolute Gasteiger partial charge is 0.374 e. The van der Waals surface area contributed by atoms with Gasteiger partial charge in [0.1, 0.15) is 0 Å². The maximum atomic E-state index is 6.01. The van der Waals surface area contributed by atoms with Gasteiger partial charge in [-0.25, -0.2) is 0 Å². The van der Waals surface area contributed by atoms with E-state index in [1.807, 2.05) is 24.3 Å². The SMILES string of the molecule is C=CC[C@@H]1C=CCC[C@@H](COCc2ccccc2)O1. The lowest BCUT2D eigenvalue weighted by Crippen LogP contribution is -2.23. The molecular weight excluding hydrogens is 236 g/mol. The summed E-state index contributed by atoms with van der Waals surface area (Å²) in [4.78, 5) is 0. The first-order valence-corrected chi connectivity index (χ1v) is 6.93. The molecule has 0 N–H and O–H groups in total. The first-order chi connectivity index (χ1) is 9.38. The number of benzene rings is 1. The Hall–Kier alpha value is -1.38. The summed E-state index contributed by atoms with van der Waals surface area (Å²) in [5, 5.41) is 0. The van der Waals surface area contributed by atoms with E-state index in [1.54, 1.807) is 0 Å². The molecule has 2 heteroatoms. The monoisotopic (exact) mass is 258 g/mol. The third kappa shape index (κ3) is 5.01. The highest BCUT2D eigenvalue weighted by molar-refractivity contribution is 5.13. The Morgan fingerprint density at radius 1 is 1.32 bits per heavy atom. The van der Waals surface area contributed by atoms with Crippen molar-refractivity contribution in [1.82, 2.24) is 0 Å². The van der Waals surface area contributed by atoms with Crippen molar-refractivity contribution in [1.29, 1.82) is 0 Å². The van der Waals surface area contributed by atoms with Crippen molar-refractivity contribution in [3.05, 3.63) is 60.7 Å². The van der Waals surface area contributed by atoms with Crippen molar-refractivity contribution in [2.24, 2.45) is 0 Å². The molecule has 1 heterocycles. The van der Waals surface area contributed by atoms with Crippen LogP contribution in [0.25, 0.3) is 0 Å². The van der Waals surface area contributed by atoms with Gasteiger partial charge < -0.3 is 9.47 Å². The summed E-state index contributed by atoms with van der Waals surface area (Å²) < 4.78 is 11.8. The van der Waals surface area contributed by atoms with Crippen LogP contribution in [-0.2, 0) is 16.1 Å². The Bertz CT molecular complexity index is 397. The van der Waals surface area contributed by atoms with Crippen LogP contribution in [0.3, 0.4) is 0 Å². The minimum absolute atomic E-state index is 0.158. The molecule has 0 saturated heterocycles. The lowest BCUT2D eigenvalue weighted by molar-refractivity contribution is -0.0441. The Labute approximate surface area is 115 Å². The third-order valence-corrected chi connectivity index (χ3v) is 3.19. The summed E-state index contributed by atoms with van der Waals surface area (Å²) in [5.74, 6) is 0. The molecule has 102 valence electrons. The van der Waals surface area contributed by atoms with Crippen LogP contribution in [0.15, 0.2) is 55.1 Å². The van der Waals surface area contributed by atoms with Gasteiger partial charge in [-0.3, -0.25) is 0 Å². The second kappa shape index (κ2) is 7.93. The molecule has 1 aromatic carbocycles. The Morgan fingerprint density at radius 3 is 2.95 bits per heavy atom.